The fourth-order valence-electron chi connectivity index (χ4n) is 3.25. The van der Waals surface area contributed by atoms with Crippen molar-refractivity contribution in [2.24, 2.45) is 5.92 Å². The van der Waals surface area contributed by atoms with E-state index in [1.165, 1.54) is 0 Å². The maximum absolute atomic E-state index is 12.6. The fourth-order valence-corrected chi connectivity index (χ4v) is 3.25. The minimum atomic E-state index is -0.265. The quantitative estimate of drug-likeness (QED) is 0.948. The van der Waals surface area contributed by atoms with E-state index in [0.29, 0.717) is 12.1 Å². The van der Waals surface area contributed by atoms with Gasteiger partial charge < -0.3 is 10.0 Å². The molecule has 0 saturated heterocycles. The summed E-state index contributed by atoms with van der Waals surface area (Å²) in [5.41, 5.74) is 2.55. The van der Waals surface area contributed by atoms with Crippen LogP contribution >= 0.6 is 0 Å². The highest BCUT2D eigenvalue weighted by Crippen LogP contribution is 2.26. The van der Waals surface area contributed by atoms with Crippen molar-refractivity contribution in [1.82, 2.24) is 9.88 Å². The number of aromatic nitrogens is 1. The summed E-state index contributed by atoms with van der Waals surface area (Å²) in [5, 5.41) is 10.9. The summed E-state index contributed by atoms with van der Waals surface area (Å²) >= 11 is 0. The average molecular weight is 298 g/mol. The van der Waals surface area contributed by atoms with Gasteiger partial charge in [-0.1, -0.05) is 12.5 Å². The molecular weight excluding hydrogens is 276 g/mol. The first-order chi connectivity index (χ1) is 10.5. The summed E-state index contributed by atoms with van der Waals surface area (Å²) in [6.45, 7) is 2.57. The number of aliphatic hydroxyl groups is 1. The third kappa shape index (κ3) is 2.97. The lowest BCUT2D eigenvalue weighted by Crippen LogP contribution is -2.34. The number of amides is 1. The van der Waals surface area contributed by atoms with Crippen LogP contribution in [0.25, 0.3) is 10.9 Å². The molecule has 0 aliphatic heterocycles. The minimum absolute atomic E-state index is 0.00146. The molecule has 1 N–H and O–H groups in total. The Labute approximate surface area is 130 Å². The molecule has 0 radical (unpaired) electrons. The van der Waals surface area contributed by atoms with Crippen LogP contribution in [0.15, 0.2) is 30.3 Å². The normalized spacial score (nSPS) is 21.2. The van der Waals surface area contributed by atoms with E-state index in [0.717, 1.165) is 35.9 Å². The number of hydrogen-bond acceptors (Lipinski definition) is 3. The molecule has 1 aromatic heterocycles. The van der Waals surface area contributed by atoms with Gasteiger partial charge in [0.1, 0.15) is 0 Å². The second-order valence-electron chi connectivity index (χ2n) is 6.30. The van der Waals surface area contributed by atoms with E-state index in [2.05, 4.69) is 4.98 Å². The molecule has 2 atom stereocenters. The van der Waals surface area contributed by atoms with Gasteiger partial charge >= 0.3 is 0 Å². The van der Waals surface area contributed by atoms with Crippen LogP contribution in [0.2, 0.25) is 0 Å². The molecule has 1 saturated carbocycles. The first-order valence-electron chi connectivity index (χ1n) is 7.85. The summed E-state index contributed by atoms with van der Waals surface area (Å²) in [6.07, 6.45) is 2.64. The molecule has 2 unspecified atom stereocenters. The Kier molecular flexibility index (Phi) is 4.12. The summed E-state index contributed by atoms with van der Waals surface area (Å²) in [5.74, 6) is 0.209. The van der Waals surface area contributed by atoms with E-state index in [-0.39, 0.29) is 17.9 Å². The highest BCUT2D eigenvalue weighted by atomic mass is 16.3. The van der Waals surface area contributed by atoms with Gasteiger partial charge in [-0.15, -0.1) is 0 Å². The van der Waals surface area contributed by atoms with Crippen molar-refractivity contribution < 1.29 is 9.90 Å². The van der Waals surface area contributed by atoms with E-state index < -0.39 is 0 Å². The van der Waals surface area contributed by atoms with Crippen LogP contribution in [0.5, 0.6) is 0 Å². The smallest absolute Gasteiger partial charge is 0.253 e. The molecule has 3 rings (SSSR count). The second kappa shape index (κ2) is 6.05. The van der Waals surface area contributed by atoms with E-state index >= 15 is 0 Å². The maximum Gasteiger partial charge on any atom is 0.253 e. The number of aryl methyl sites for hydroxylation is 1. The Bertz CT molecular complexity index is 699. The third-order valence-corrected chi connectivity index (χ3v) is 4.55. The van der Waals surface area contributed by atoms with Crippen LogP contribution in [0.3, 0.4) is 0 Å². The Morgan fingerprint density at radius 1 is 1.32 bits per heavy atom. The number of fused-ring (bicyclic) bond motifs is 1. The Morgan fingerprint density at radius 2 is 2.14 bits per heavy atom. The molecule has 0 spiro atoms. The molecule has 1 aromatic carbocycles. The molecule has 1 aliphatic carbocycles. The molecule has 116 valence electrons. The van der Waals surface area contributed by atoms with Crippen molar-refractivity contribution in [3.8, 4) is 0 Å². The van der Waals surface area contributed by atoms with Crippen LogP contribution in [-0.2, 0) is 0 Å². The van der Waals surface area contributed by atoms with Gasteiger partial charge in [0.2, 0.25) is 0 Å². The summed E-state index contributed by atoms with van der Waals surface area (Å²) in [4.78, 5) is 18.8. The first-order valence-corrected chi connectivity index (χ1v) is 7.85. The third-order valence-electron chi connectivity index (χ3n) is 4.55. The second-order valence-corrected chi connectivity index (χ2v) is 6.30. The van der Waals surface area contributed by atoms with Crippen LogP contribution in [0.4, 0.5) is 0 Å². The summed E-state index contributed by atoms with van der Waals surface area (Å²) < 4.78 is 0. The number of pyridine rings is 1. The number of carbonyl (C=O) groups is 1. The van der Waals surface area contributed by atoms with E-state index in [4.69, 9.17) is 0 Å². The fraction of sp³-hybridized carbons (Fsp3) is 0.444. The van der Waals surface area contributed by atoms with E-state index in [9.17, 15) is 9.90 Å². The van der Waals surface area contributed by atoms with Crippen molar-refractivity contribution in [2.75, 3.05) is 13.6 Å². The monoisotopic (exact) mass is 298 g/mol. The van der Waals surface area contributed by atoms with Gasteiger partial charge in [0, 0.05) is 36.2 Å². The predicted octanol–water partition coefficient (Wildman–Crippen LogP) is 2.78. The van der Waals surface area contributed by atoms with Crippen molar-refractivity contribution in [3.63, 3.8) is 0 Å². The van der Waals surface area contributed by atoms with Crippen LogP contribution in [-0.4, -0.2) is 40.6 Å². The van der Waals surface area contributed by atoms with Gasteiger partial charge in [0.25, 0.3) is 5.91 Å². The summed E-state index contributed by atoms with van der Waals surface area (Å²) in [6, 6.07) is 9.57. The van der Waals surface area contributed by atoms with Gasteiger partial charge in [-0.2, -0.15) is 0 Å². The highest BCUT2D eigenvalue weighted by Gasteiger charge is 2.27. The molecule has 4 nitrogen and oxygen atoms in total. The zero-order valence-electron chi connectivity index (χ0n) is 13.1. The lowest BCUT2D eigenvalue weighted by atomic mass is 10.0. The topological polar surface area (TPSA) is 53.4 Å². The van der Waals surface area contributed by atoms with Gasteiger partial charge in [0.15, 0.2) is 0 Å². The van der Waals surface area contributed by atoms with Gasteiger partial charge in [-0.05, 0) is 44.0 Å². The lowest BCUT2D eigenvalue weighted by molar-refractivity contribution is 0.0693. The Morgan fingerprint density at radius 3 is 2.86 bits per heavy atom. The van der Waals surface area contributed by atoms with Crippen molar-refractivity contribution in [2.45, 2.75) is 32.3 Å². The van der Waals surface area contributed by atoms with Crippen molar-refractivity contribution in [3.05, 3.63) is 41.6 Å². The van der Waals surface area contributed by atoms with Crippen LogP contribution in [0.1, 0.15) is 35.3 Å². The van der Waals surface area contributed by atoms with Gasteiger partial charge in [-0.3, -0.25) is 9.78 Å². The SMILES string of the molecule is Cc1ccc2cc(C(=O)N(C)CC3CCCC3O)ccc2n1. The lowest BCUT2D eigenvalue weighted by Gasteiger charge is -2.23. The largest absolute Gasteiger partial charge is 0.393 e. The molecule has 2 aromatic rings. The molecular formula is C18H22N2O2. The molecule has 1 aliphatic rings. The average Bonchev–Trinajstić information content (AvgIpc) is 2.91. The maximum atomic E-state index is 12.6. The number of nitrogens with zero attached hydrogens (tertiary/aromatic N) is 2. The number of benzene rings is 1. The van der Waals surface area contributed by atoms with E-state index in [1.807, 2.05) is 44.3 Å². The van der Waals surface area contributed by atoms with Gasteiger partial charge in [-0.25, -0.2) is 0 Å². The number of hydrogen-bond donors (Lipinski definition) is 1. The zero-order chi connectivity index (χ0) is 15.7. The number of carbonyl (C=O) groups excluding carboxylic acids is 1. The molecule has 4 heteroatoms. The standard InChI is InChI=1S/C18H22N2O2/c1-12-6-7-13-10-14(8-9-16(13)19-12)18(22)20(2)11-15-4-3-5-17(15)21/h6-10,15,17,21H,3-5,11H2,1-2H3. The molecule has 1 amide bonds. The Hall–Kier alpha value is -1.94. The molecule has 1 heterocycles. The number of aliphatic hydroxyl groups excluding tert-OH is 1. The first kappa shape index (κ1) is 15.0. The van der Waals surface area contributed by atoms with E-state index in [1.54, 1.807) is 4.90 Å². The van der Waals surface area contributed by atoms with Crippen molar-refractivity contribution in [1.29, 1.82) is 0 Å². The van der Waals surface area contributed by atoms with Crippen LogP contribution < -0.4 is 0 Å². The highest BCUT2D eigenvalue weighted by molar-refractivity contribution is 5.97. The molecule has 1 fully saturated rings. The predicted molar refractivity (Wildman–Crippen MR) is 86.8 cm³/mol. The Balaban J connectivity index is 1.77. The van der Waals surface area contributed by atoms with Crippen molar-refractivity contribution >= 4 is 16.8 Å². The van der Waals surface area contributed by atoms with Gasteiger partial charge in [0.05, 0.1) is 11.6 Å². The zero-order valence-corrected chi connectivity index (χ0v) is 13.1. The minimum Gasteiger partial charge on any atom is -0.393 e. The summed E-state index contributed by atoms with van der Waals surface area (Å²) in [7, 11) is 1.81. The molecule has 22 heavy (non-hydrogen) atoms. The van der Waals surface area contributed by atoms with Crippen LogP contribution in [0, 0.1) is 12.8 Å². The number of rotatable bonds is 3. The molecule has 0 bridgehead atoms.